The molecule has 5 heteroatoms. The largest absolute Gasteiger partial charge is 0.493 e. The van der Waals surface area contributed by atoms with E-state index in [-0.39, 0.29) is 5.71 Å². The van der Waals surface area contributed by atoms with Gasteiger partial charge in [0.25, 0.3) is 5.91 Å². The van der Waals surface area contributed by atoms with Crippen LogP contribution >= 0.6 is 0 Å². The van der Waals surface area contributed by atoms with E-state index in [2.05, 4.69) is 5.16 Å². The molecule has 0 atom stereocenters. The number of oxime groups is 1. The zero-order chi connectivity index (χ0) is 14.7. The molecule has 5 nitrogen and oxygen atoms in total. The standard InChI is InChI=1S/C16H20N2O3/c17-16(19)15-14-7-6-13(8-12(14)10-21-18-15)20-9-11-4-2-1-3-5-11/h6-8,11H,1-5,9-10H2,(H2,17,19). The molecule has 1 aromatic carbocycles. The fraction of sp³-hybridized carbons (Fsp3) is 0.500. The van der Waals surface area contributed by atoms with Gasteiger partial charge < -0.3 is 15.3 Å². The second-order valence-electron chi connectivity index (χ2n) is 5.71. The van der Waals surface area contributed by atoms with E-state index < -0.39 is 5.91 Å². The number of carbonyl (C=O) groups excluding carboxylic acids is 1. The lowest BCUT2D eigenvalue weighted by molar-refractivity contribution is -0.112. The monoisotopic (exact) mass is 288 g/mol. The normalized spacial score (nSPS) is 18.4. The van der Waals surface area contributed by atoms with E-state index in [1.54, 1.807) is 0 Å². The van der Waals surface area contributed by atoms with Crippen molar-refractivity contribution in [1.82, 2.24) is 0 Å². The molecule has 0 saturated heterocycles. The van der Waals surface area contributed by atoms with Crippen molar-refractivity contribution in [2.75, 3.05) is 6.61 Å². The van der Waals surface area contributed by atoms with E-state index in [0.29, 0.717) is 12.5 Å². The van der Waals surface area contributed by atoms with Crippen LogP contribution in [0.5, 0.6) is 5.75 Å². The molecular weight excluding hydrogens is 268 g/mol. The summed E-state index contributed by atoms with van der Waals surface area (Å²) in [7, 11) is 0. The number of rotatable bonds is 4. The molecule has 2 N–H and O–H groups in total. The number of benzene rings is 1. The van der Waals surface area contributed by atoms with Gasteiger partial charge in [0.1, 0.15) is 12.4 Å². The summed E-state index contributed by atoms with van der Waals surface area (Å²) in [4.78, 5) is 16.4. The van der Waals surface area contributed by atoms with E-state index in [9.17, 15) is 4.79 Å². The molecule has 0 bridgehead atoms. The Morgan fingerprint density at radius 1 is 1.33 bits per heavy atom. The first-order valence-corrected chi connectivity index (χ1v) is 7.50. The molecule has 1 aliphatic carbocycles. The van der Waals surface area contributed by atoms with Gasteiger partial charge in [-0.1, -0.05) is 24.4 Å². The molecule has 1 aliphatic heterocycles. The molecule has 1 heterocycles. The summed E-state index contributed by atoms with van der Waals surface area (Å²) in [6.45, 7) is 1.10. The fourth-order valence-electron chi connectivity index (χ4n) is 2.97. The number of carbonyl (C=O) groups is 1. The van der Waals surface area contributed by atoms with Crippen LogP contribution < -0.4 is 10.5 Å². The molecular formula is C16H20N2O3. The third-order valence-corrected chi connectivity index (χ3v) is 4.15. The Labute approximate surface area is 124 Å². The minimum absolute atomic E-state index is 0.176. The lowest BCUT2D eigenvalue weighted by Crippen LogP contribution is -2.27. The van der Waals surface area contributed by atoms with Crippen molar-refractivity contribution < 1.29 is 14.4 Å². The molecule has 0 radical (unpaired) electrons. The molecule has 1 aromatic rings. The Kier molecular flexibility index (Phi) is 4.08. The van der Waals surface area contributed by atoms with Crippen LogP contribution in [-0.2, 0) is 16.2 Å². The Hall–Kier alpha value is -2.04. The highest BCUT2D eigenvalue weighted by molar-refractivity contribution is 6.45. The predicted molar refractivity (Wildman–Crippen MR) is 79.0 cm³/mol. The van der Waals surface area contributed by atoms with Gasteiger partial charge in [0.15, 0.2) is 5.71 Å². The number of hydrogen-bond donors (Lipinski definition) is 1. The first-order valence-electron chi connectivity index (χ1n) is 7.50. The van der Waals surface area contributed by atoms with E-state index >= 15 is 0 Å². The highest BCUT2D eigenvalue weighted by Crippen LogP contribution is 2.26. The van der Waals surface area contributed by atoms with Crippen molar-refractivity contribution in [2.24, 2.45) is 16.8 Å². The number of primary amides is 1. The minimum atomic E-state index is -0.577. The van der Waals surface area contributed by atoms with Crippen molar-refractivity contribution in [1.29, 1.82) is 0 Å². The Morgan fingerprint density at radius 3 is 2.90 bits per heavy atom. The van der Waals surface area contributed by atoms with Gasteiger partial charge in [-0.2, -0.15) is 0 Å². The molecule has 1 amide bonds. The van der Waals surface area contributed by atoms with Crippen molar-refractivity contribution in [3.63, 3.8) is 0 Å². The summed E-state index contributed by atoms with van der Waals surface area (Å²) < 4.78 is 5.90. The van der Waals surface area contributed by atoms with Crippen molar-refractivity contribution >= 4 is 11.6 Å². The molecule has 112 valence electrons. The fourth-order valence-corrected chi connectivity index (χ4v) is 2.97. The Morgan fingerprint density at radius 2 is 2.14 bits per heavy atom. The lowest BCUT2D eigenvalue weighted by atomic mass is 9.90. The highest BCUT2D eigenvalue weighted by Gasteiger charge is 2.21. The maximum absolute atomic E-state index is 11.3. The van der Waals surface area contributed by atoms with Crippen LogP contribution in [0.2, 0.25) is 0 Å². The molecule has 0 spiro atoms. The number of hydrogen-bond acceptors (Lipinski definition) is 4. The molecule has 3 rings (SSSR count). The van der Waals surface area contributed by atoms with Gasteiger partial charge >= 0.3 is 0 Å². The van der Waals surface area contributed by atoms with Gasteiger partial charge in [0.2, 0.25) is 0 Å². The van der Waals surface area contributed by atoms with Crippen molar-refractivity contribution in [3.05, 3.63) is 29.3 Å². The van der Waals surface area contributed by atoms with E-state index in [0.717, 1.165) is 23.5 Å². The van der Waals surface area contributed by atoms with Crippen LogP contribution in [0.15, 0.2) is 23.4 Å². The number of amides is 1. The lowest BCUT2D eigenvalue weighted by Gasteiger charge is -2.22. The first-order chi connectivity index (χ1) is 10.2. The summed E-state index contributed by atoms with van der Waals surface area (Å²) in [5.74, 6) is 0.897. The highest BCUT2D eigenvalue weighted by atomic mass is 16.6. The average molecular weight is 288 g/mol. The van der Waals surface area contributed by atoms with Gasteiger partial charge in [0.05, 0.1) is 6.61 Å². The van der Waals surface area contributed by atoms with Gasteiger partial charge in [-0.3, -0.25) is 4.79 Å². The van der Waals surface area contributed by atoms with Crippen LogP contribution in [0, 0.1) is 5.92 Å². The number of fused-ring (bicyclic) bond motifs is 1. The quantitative estimate of drug-likeness (QED) is 0.924. The summed E-state index contributed by atoms with van der Waals surface area (Å²) in [6.07, 6.45) is 6.48. The van der Waals surface area contributed by atoms with Gasteiger partial charge in [-0.15, -0.1) is 0 Å². The van der Waals surface area contributed by atoms with Crippen LogP contribution in [-0.4, -0.2) is 18.2 Å². The molecule has 0 unspecified atom stereocenters. The average Bonchev–Trinajstić information content (AvgIpc) is 2.53. The molecule has 2 aliphatic rings. The van der Waals surface area contributed by atoms with Crippen LogP contribution in [0.1, 0.15) is 43.2 Å². The topological polar surface area (TPSA) is 73.9 Å². The third-order valence-electron chi connectivity index (χ3n) is 4.15. The minimum Gasteiger partial charge on any atom is -0.493 e. The van der Waals surface area contributed by atoms with Gasteiger partial charge in [-0.05, 0) is 37.0 Å². The maximum Gasteiger partial charge on any atom is 0.271 e. The Bertz CT molecular complexity index is 563. The number of nitrogens with two attached hydrogens (primary N) is 1. The predicted octanol–water partition coefficient (Wildman–Crippen LogP) is 2.37. The molecule has 1 saturated carbocycles. The second kappa shape index (κ2) is 6.16. The second-order valence-corrected chi connectivity index (χ2v) is 5.71. The van der Waals surface area contributed by atoms with Crippen molar-refractivity contribution in [3.8, 4) is 5.75 Å². The Balaban J connectivity index is 1.68. The van der Waals surface area contributed by atoms with E-state index in [1.807, 2.05) is 18.2 Å². The third kappa shape index (κ3) is 3.17. The van der Waals surface area contributed by atoms with Crippen LogP contribution in [0.4, 0.5) is 0 Å². The number of nitrogens with zero attached hydrogens (tertiary/aromatic N) is 1. The zero-order valence-corrected chi connectivity index (χ0v) is 12.0. The first kappa shape index (κ1) is 13.9. The summed E-state index contributed by atoms with van der Waals surface area (Å²) in [5, 5.41) is 3.72. The summed E-state index contributed by atoms with van der Waals surface area (Å²) >= 11 is 0. The summed E-state index contributed by atoms with van der Waals surface area (Å²) in [5.41, 5.74) is 7.10. The van der Waals surface area contributed by atoms with Gasteiger partial charge in [-0.25, -0.2) is 0 Å². The van der Waals surface area contributed by atoms with Crippen LogP contribution in [0.25, 0.3) is 0 Å². The van der Waals surface area contributed by atoms with Crippen LogP contribution in [0.3, 0.4) is 0 Å². The van der Waals surface area contributed by atoms with Gasteiger partial charge in [0, 0.05) is 11.1 Å². The van der Waals surface area contributed by atoms with E-state index in [4.69, 9.17) is 15.3 Å². The zero-order valence-electron chi connectivity index (χ0n) is 12.0. The smallest absolute Gasteiger partial charge is 0.271 e. The SMILES string of the molecule is NC(=O)C1=NOCc2cc(OCC3CCCCC3)ccc21. The molecule has 0 aromatic heterocycles. The summed E-state index contributed by atoms with van der Waals surface area (Å²) in [6, 6.07) is 5.61. The van der Waals surface area contributed by atoms with E-state index in [1.165, 1.54) is 32.1 Å². The van der Waals surface area contributed by atoms with Crippen molar-refractivity contribution in [2.45, 2.75) is 38.7 Å². The molecule has 21 heavy (non-hydrogen) atoms. The molecule has 1 fully saturated rings. The maximum atomic E-state index is 11.3. The number of ether oxygens (including phenoxy) is 1.